The zero-order chi connectivity index (χ0) is 20.2. The van der Waals surface area contributed by atoms with Crippen molar-refractivity contribution in [2.45, 2.75) is 51.7 Å². The standard InChI is InChI=1S/C22H29N3O4/c1-3-16-14-25(13-15-12-17(27-2)8-9-20(15)28-16)11-10-23-22(26)21-18-6-4-5-7-19(18)24-29-21/h8-9,12,16H,3-7,10-11,13-14H2,1-2H3,(H,23,26)/t16-/m1/s1. The molecule has 156 valence electrons. The first kappa shape index (κ1) is 19.8. The lowest BCUT2D eigenvalue weighted by Crippen LogP contribution is -2.38. The van der Waals surface area contributed by atoms with E-state index in [0.717, 1.165) is 80.1 Å². The highest BCUT2D eigenvalue weighted by molar-refractivity contribution is 5.93. The number of amides is 1. The van der Waals surface area contributed by atoms with Crippen molar-refractivity contribution in [2.75, 3.05) is 26.7 Å². The van der Waals surface area contributed by atoms with Crippen molar-refractivity contribution in [1.82, 2.24) is 15.4 Å². The molecule has 1 aromatic carbocycles. The number of nitrogens with zero attached hydrogens (tertiary/aromatic N) is 2. The van der Waals surface area contributed by atoms with Gasteiger partial charge in [0.15, 0.2) is 0 Å². The molecule has 7 heteroatoms. The van der Waals surface area contributed by atoms with Crippen molar-refractivity contribution in [2.24, 2.45) is 0 Å². The van der Waals surface area contributed by atoms with Gasteiger partial charge in [0.2, 0.25) is 5.76 Å². The number of ether oxygens (including phenoxy) is 2. The van der Waals surface area contributed by atoms with Crippen molar-refractivity contribution in [3.63, 3.8) is 0 Å². The Hall–Kier alpha value is -2.54. The highest BCUT2D eigenvalue weighted by Crippen LogP contribution is 2.29. The minimum absolute atomic E-state index is 0.127. The van der Waals surface area contributed by atoms with Crippen LogP contribution >= 0.6 is 0 Å². The van der Waals surface area contributed by atoms with Gasteiger partial charge in [-0.05, 0) is 50.3 Å². The number of rotatable bonds is 6. The minimum atomic E-state index is -0.166. The Balaban J connectivity index is 1.38. The fourth-order valence-electron chi connectivity index (χ4n) is 4.09. The molecule has 29 heavy (non-hydrogen) atoms. The van der Waals surface area contributed by atoms with E-state index in [1.807, 2.05) is 18.2 Å². The van der Waals surface area contributed by atoms with Gasteiger partial charge in [-0.25, -0.2) is 0 Å². The van der Waals surface area contributed by atoms with E-state index in [0.29, 0.717) is 12.3 Å². The molecule has 1 N–H and O–H groups in total. The summed E-state index contributed by atoms with van der Waals surface area (Å²) in [7, 11) is 1.67. The normalized spacial score (nSPS) is 18.9. The number of nitrogens with one attached hydrogen (secondary N) is 1. The molecule has 0 fully saturated rings. The predicted molar refractivity (Wildman–Crippen MR) is 108 cm³/mol. The van der Waals surface area contributed by atoms with E-state index >= 15 is 0 Å². The summed E-state index contributed by atoms with van der Waals surface area (Å²) in [6, 6.07) is 5.94. The van der Waals surface area contributed by atoms with Gasteiger partial charge in [0.25, 0.3) is 5.91 Å². The van der Waals surface area contributed by atoms with Crippen LogP contribution in [0.1, 0.15) is 53.6 Å². The summed E-state index contributed by atoms with van der Waals surface area (Å²) >= 11 is 0. The number of hydrogen-bond acceptors (Lipinski definition) is 6. The average Bonchev–Trinajstić information content (AvgIpc) is 3.09. The molecular formula is C22H29N3O4. The topological polar surface area (TPSA) is 76.8 Å². The third kappa shape index (κ3) is 4.40. The van der Waals surface area contributed by atoms with Crippen molar-refractivity contribution in [3.05, 3.63) is 40.8 Å². The molecule has 1 aromatic heterocycles. The fraction of sp³-hybridized carbons (Fsp3) is 0.545. The van der Waals surface area contributed by atoms with Gasteiger partial charge in [-0.3, -0.25) is 9.69 Å². The number of aromatic nitrogens is 1. The van der Waals surface area contributed by atoms with E-state index in [2.05, 4.69) is 22.3 Å². The molecule has 1 amide bonds. The van der Waals surface area contributed by atoms with Crippen LogP contribution in [0.15, 0.2) is 22.7 Å². The highest BCUT2D eigenvalue weighted by Gasteiger charge is 2.25. The summed E-state index contributed by atoms with van der Waals surface area (Å²) < 4.78 is 16.9. The lowest BCUT2D eigenvalue weighted by Gasteiger charge is -2.23. The van der Waals surface area contributed by atoms with Gasteiger partial charge in [-0.1, -0.05) is 12.1 Å². The predicted octanol–water partition coefficient (Wildman–Crippen LogP) is 2.97. The van der Waals surface area contributed by atoms with E-state index in [-0.39, 0.29) is 12.0 Å². The van der Waals surface area contributed by atoms with E-state index in [4.69, 9.17) is 14.0 Å². The van der Waals surface area contributed by atoms with Crippen molar-refractivity contribution >= 4 is 5.91 Å². The molecule has 1 aliphatic carbocycles. The monoisotopic (exact) mass is 399 g/mol. The molecule has 7 nitrogen and oxygen atoms in total. The molecular weight excluding hydrogens is 370 g/mol. The summed E-state index contributed by atoms with van der Waals surface area (Å²) in [5.74, 6) is 1.96. The molecule has 4 rings (SSSR count). The van der Waals surface area contributed by atoms with Crippen LogP contribution in [-0.4, -0.2) is 48.8 Å². The van der Waals surface area contributed by atoms with Gasteiger partial charge < -0.3 is 19.3 Å². The second-order valence-corrected chi connectivity index (χ2v) is 7.76. The second kappa shape index (κ2) is 8.86. The Kier molecular flexibility index (Phi) is 6.04. The van der Waals surface area contributed by atoms with Gasteiger partial charge in [-0.2, -0.15) is 0 Å². The van der Waals surface area contributed by atoms with Crippen LogP contribution < -0.4 is 14.8 Å². The number of benzene rings is 1. The summed E-state index contributed by atoms with van der Waals surface area (Å²) in [6.45, 7) is 4.99. The van der Waals surface area contributed by atoms with Crippen molar-refractivity contribution < 1.29 is 18.8 Å². The summed E-state index contributed by atoms with van der Waals surface area (Å²) in [5, 5.41) is 7.08. The Bertz CT molecular complexity index is 864. The smallest absolute Gasteiger partial charge is 0.290 e. The van der Waals surface area contributed by atoms with Crippen LogP contribution in [0.4, 0.5) is 0 Å². The molecule has 1 aliphatic heterocycles. The van der Waals surface area contributed by atoms with Crippen molar-refractivity contribution in [3.8, 4) is 11.5 Å². The van der Waals surface area contributed by atoms with Gasteiger partial charge in [-0.15, -0.1) is 0 Å². The van der Waals surface area contributed by atoms with Crippen LogP contribution in [0.2, 0.25) is 0 Å². The largest absolute Gasteiger partial charge is 0.497 e. The molecule has 2 heterocycles. The van der Waals surface area contributed by atoms with Gasteiger partial charge in [0, 0.05) is 37.3 Å². The SMILES string of the molecule is CC[C@@H]1CN(CCNC(=O)c2onc3c2CCCC3)Cc2cc(OC)ccc2O1. The maximum Gasteiger partial charge on any atom is 0.290 e. The molecule has 0 radical (unpaired) electrons. The maximum absolute atomic E-state index is 12.6. The minimum Gasteiger partial charge on any atom is -0.497 e. The number of carbonyl (C=O) groups excluding carboxylic acids is 1. The molecule has 0 unspecified atom stereocenters. The second-order valence-electron chi connectivity index (χ2n) is 7.76. The molecule has 0 spiro atoms. The third-order valence-electron chi connectivity index (χ3n) is 5.75. The number of fused-ring (bicyclic) bond motifs is 2. The van der Waals surface area contributed by atoms with E-state index in [1.54, 1.807) is 7.11 Å². The first-order valence-corrected chi connectivity index (χ1v) is 10.5. The van der Waals surface area contributed by atoms with Crippen molar-refractivity contribution in [1.29, 1.82) is 0 Å². The Morgan fingerprint density at radius 2 is 2.21 bits per heavy atom. The molecule has 1 atom stereocenters. The lowest BCUT2D eigenvalue weighted by molar-refractivity contribution is 0.0905. The maximum atomic E-state index is 12.6. The van der Waals surface area contributed by atoms with E-state index in [9.17, 15) is 4.79 Å². The lowest BCUT2D eigenvalue weighted by atomic mass is 9.96. The van der Waals surface area contributed by atoms with E-state index < -0.39 is 0 Å². The first-order chi connectivity index (χ1) is 14.2. The summed E-state index contributed by atoms with van der Waals surface area (Å²) in [5.41, 5.74) is 3.04. The molecule has 0 saturated heterocycles. The Morgan fingerprint density at radius 3 is 3.03 bits per heavy atom. The van der Waals surface area contributed by atoms with Crippen LogP contribution in [0.25, 0.3) is 0 Å². The van der Waals surface area contributed by atoms with Crippen LogP contribution in [0, 0.1) is 0 Å². The van der Waals surface area contributed by atoms with Crippen LogP contribution in [0.3, 0.4) is 0 Å². The van der Waals surface area contributed by atoms with Crippen LogP contribution in [-0.2, 0) is 19.4 Å². The van der Waals surface area contributed by atoms with Gasteiger partial charge in [0.05, 0.1) is 12.8 Å². The third-order valence-corrected chi connectivity index (χ3v) is 5.75. The van der Waals surface area contributed by atoms with Crippen LogP contribution in [0.5, 0.6) is 11.5 Å². The van der Waals surface area contributed by atoms with Gasteiger partial charge in [0.1, 0.15) is 17.6 Å². The van der Waals surface area contributed by atoms with Gasteiger partial charge >= 0.3 is 0 Å². The Morgan fingerprint density at radius 1 is 1.34 bits per heavy atom. The highest BCUT2D eigenvalue weighted by atomic mass is 16.5. The van der Waals surface area contributed by atoms with E-state index in [1.165, 1.54) is 0 Å². The molecule has 0 bridgehead atoms. The number of aryl methyl sites for hydroxylation is 1. The summed E-state index contributed by atoms with van der Waals surface area (Å²) in [6.07, 6.45) is 5.04. The molecule has 2 aromatic rings. The zero-order valence-electron chi connectivity index (χ0n) is 17.2. The Labute approximate surface area is 171 Å². The number of carbonyl (C=O) groups is 1. The first-order valence-electron chi connectivity index (χ1n) is 10.5. The molecule has 0 saturated carbocycles. The summed E-state index contributed by atoms with van der Waals surface area (Å²) in [4.78, 5) is 14.9. The molecule has 2 aliphatic rings. The number of hydrogen-bond donors (Lipinski definition) is 1. The fourth-order valence-corrected chi connectivity index (χ4v) is 4.09. The quantitative estimate of drug-likeness (QED) is 0.805. The average molecular weight is 399 g/mol. The number of methoxy groups -OCH3 is 1. The zero-order valence-corrected chi connectivity index (χ0v) is 17.2.